The third-order valence-electron chi connectivity index (χ3n) is 4.99. The molecule has 0 bridgehead atoms. The fraction of sp³-hybridized carbons (Fsp3) is 0.632. The van der Waals surface area contributed by atoms with Crippen molar-refractivity contribution in [3.8, 4) is 0 Å². The highest BCUT2D eigenvalue weighted by Gasteiger charge is 2.15. The minimum atomic E-state index is 0. The van der Waals surface area contributed by atoms with Gasteiger partial charge in [0.15, 0.2) is 0 Å². The summed E-state index contributed by atoms with van der Waals surface area (Å²) in [6.45, 7) is 6.78. The van der Waals surface area contributed by atoms with Crippen LogP contribution in [-0.2, 0) is 16.1 Å². The largest absolute Gasteiger partial charge is 0.379 e. The number of carbonyl (C=O) groups excluding carboxylic acids is 1. The number of rotatable bonds is 6. The number of anilines is 1. The number of piperidine rings is 1. The molecule has 0 radical (unpaired) electrons. The van der Waals surface area contributed by atoms with Gasteiger partial charge in [0.05, 0.1) is 13.2 Å². The summed E-state index contributed by atoms with van der Waals surface area (Å²) in [7, 11) is 0. The van der Waals surface area contributed by atoms with Crippen molar-refractivity contribution in [2.45, 2.75) is 32.2 Å². The predicted octanol–water partition coefficient (Wildman–Crippen LogP) is 3.08. The van der Waals surface area contributed by atoms with Crippen molar-refractivity contribution < 1.29 is 9.53 Å². The van der Waals surface area contributed by atoms with Crippen LogP contribution in [0.4, 0.5) is 5.69 Å². The first-order valence-corrected chi connectivity index (χ1v) is 9.19. The second-order valence-corrected chi connectivity index (χ2v) is 6.87. The van der Waals surface area contributed by atoms with Crippen LogP contribution in [0.15, 0.2) is 24.3 Å². The van der Waals surface area contributed by atoms with E-state index in [9.17, 15) is 4.79 Å². The summed E-state index contributed by atoms with van der Waals surface area (Å²) < 4.78 is 5.37. The van der Waals surface area contributed by atoms with Gasteiger partial charge >= 0.3 is 0 Å². The number of benzene rings is 1. The molecule has 2 fully saturated rings. The van der Waals surface area contributed by atoms with Gasteiger partial charge in [-0.1, -0.05) is 12.1 Å². The Kier molecular flexibility index (Phi) is 11.2. The van der Waals surface area contributed by atoms with Gasteiger partial charge in [-0.2, -0.15) is 0 Å². The molecular formula is C19H31Cl2N3O2. The third kappa shape index (κ3) is 7.80. The van der Waals surface area contributed by atoms with Gasteiger partial charge < -0.3 is 15.4 Å². The molecule has 1 aromatic carbocycles. The van der Waals surface area contributed by atoms with Crippen LogP contribution in [0.1, 0.15) is 31.2 Å². The molecule has 0 aliphatic carbocycles. The normalized spacial score (nSPS) is 18.5. The number of halogens is 2. The Bertz CT molecular complexity index is 516. The minimum Gasteiger partial charge on any atom is -0.379 e. The zero-order valence-corrected chi connectivity index (χ0v) is 16.9. The fourth-order valence-electron chi connectivity index (χ4n) is 3.44. The molecule has 0 atom stereocenters. The van der Waals surface area contributed by atoms with Crippen molar-refractivity contribution in [1.82, 2.24) is 10.2 Å². The van der Waals surface area contributed by atoms with Gasteiger partial charge in [0, 0.05) is 31.7 Å². The lowest BCUT2D eigenvalue weighted by Crippen LogP contribution is -2.35. The third-order valence-corrected chi connectivity index (χ3v) is 4.99. The summed E-state index contributed by atoms with van der Waals surface area (Å²) in [4.78, 5) is 14.5. The first kappa shape index (κ1) is 23.2. The summed E-state index contributed by atoms with van der Waals surface area (Å²) in [6, 6.07) is 8.24. The number of nitrogens with zero attached hydrogens (tertiary/aromatic N) is 1. The van der Waals surface area contributed by atoms with Crippen molar-refractivity contribution in [2.75, 3.05) is 44.7 Å². The second kappa shape index (κ2) is 12.5. The van der Waals surface area contributed by atoms with Gasteiger partial charge in [-0.3, -0.25) is 9.69 Å². The molecule has 0 spiro atoms. The van der Waals surface area contributed by atoms with E-state index in [0.717, 1.165) is 58.0 Å². The molecule has 148 valence electrons. The highest BCUT2D eigenvalue weighted by molar-refractivity contribution is 5.90. The first-order chi connectivity index (χ1) is 11.8. The summed E-state index contributed by atoms with van der Waals surface area (Å²) in [5.41, 5.74) is 2.18. The van der Waals surface area contributed by atoms with E-state index < -0.39 is 0 Å². The fourth-order valence-corrected chi connectivity index (χ4v) is 3.44. The number of morpholine rings is 1. The van der Waals surface area contributed by atoms with E-state index in [-0.39, 0.29) is 30.7 Å². The SMILES string of the molecule is Cl.Cl.O=C(CCC1CCNCC1)Nc1ccc(CN2CCOCC2)cc1. The highest BCUT2D eigenvalue weighted by atomic mass is 35.5. The predicted molar refractivity (Wildman–Crippen MR) is 110 cm³/mol. The zero-order valence-electron chi connectivity index (χ0n) is 15.2. The van der Waals surface area contributed by atoms with Crippen LogP contribution in [0.3, 0.4) is 0 Å². The molecule has 2 aliphatic rings. The van der Waals surface area contributed by atoms with Gasteiger partial charge in [-0.05, 0) is 56.0 Å². The first-order valence-electron chi connectivity index (χ1n) is 9.19. The lowest BCUT2D eigenvalue weighted by atomic mass is 9.93. The molecule has 26 heavy (non-hydrogen) atoms. The smallest absolute Gasteiger partial charge is 0.224 e. The number of nitrogens with one attached hydrogen (secondary N) is 2. The molecule has 7 heteroatoms. The van der Waals surface area contributed by atoms with Crippen LogP contribution in [0.5, 0.6) is 0 Å². The van der Waals surface area contributed by atoms with Gasteiger partial charge in [0.1, 0.15) is 0 Å². The van der Waals surface area contributed by atoms with Crippen LogP contribution in [0.2, 0.25) is 0 Å². The van der Waals surface area contributed by atoms with Gasteiger partial charge in [0.2, 0.25) is 5.91 Å². The quantitative estimate of drug-likeness (QED) is 0.765. The topological polar surface area (TPSA) is 53.6 Å². The number of ether oxygens (including phenoxy) is 1. The van der Waals surface area contributed by atoms with E-state index in [1.54, 1.807) is 0 Å². The van der Waals surface area contributed by atoms with Crippen LogP contribution in [-0.4, -0.2) is 50.2 Å². The lowest BCUT2D eigenvalue weighted by molar-refractivity contribution is -0.116. The molecule has 5 nitrogen and oxygen atoms in total. The number of carbonyl (C=O) groups is 1. The average Bonchev–Trinajstić information content (AvgIpc) is 2.63. The standard InChI is InChI=1S/C19H29N3O2.2ClH/c23-19(6-3-16-7-9-20-10-8-16)21-18-4-1-17(2-5-18)15-22-11-13-24-14-12-22;;/h1-2,4-5,16,20H,3,6-15H2,(H,21,23);2*1H. The molecule has 2 N–H and O–H groups in total. The van der Waals surface area contributed by atoms with E-state index in [1.807, 2.05) is 12.1 Å². The van der Waals surface area contributed by atoms with Crippen molar-refractivity contribution in [3.05, 3.63) is 29.8 Å². The molecule has 1 amide bonds. The van der Waals surface area contributed by atoms with Gasteiger partial charge in [-0.15, -0.1) is 24.8 Å². The van der Waals surface area contributed by atoms with E-state index in [0.29, 0.717) is 12.3 Å². The molecule has 2 saturated heterocycles. The highest BCUT2D eigenvalue weighted by Crippen LogP contribution is 2.18. The van der Waals surface area contributed by atoms with E-state index in [2.05, 4.69) is 27.7 Å². The molecule has 0 saturated carbocycles. The minimum absolute atomic E-state index is 0. The molecule has 1 aromatic rings. The van der Waals surface area contributed by atoms with Crippen LogP contribution in [0.25, 0.3) is 0 Å². The second-order valence-electron chi connectivity index (χ2n) is 6.87. The molecule has 0 aromatic heterocycles. The number of hydrogen-bond donors (Lipinski definition) is 2. The number of hydrogen-bond acceptors (Lipinski definition) is 4. The molecular weight excluding hydrogens is 373 g/mol. The van der Waals surface area contributed by atoms with E-state index in [4.69, 9.17) is 4.74 Å². The summed E-state index contributed by atoms with van der Waals surface area (Å²) in [5.74, 6) is 0.836. The molecule has 2 heterocycles. The van der Waals surface area contributed by atoms with Crippen LogP contribution < -0.4 is 10.6 Å². The Hall–Kier alpha value is -0.850. The maximum Gasteiger partial charge on any atom is 0.224 e. The Morgan fingerprint density at radius 1 is 1.12 bits per heavy atom. The lowest BCUT2D eigenvalue weighted by Gasteiger charge is -2.26. The Labute approximate surface area is 169 Å². The number of amides is 1. The molecule has 3 rings (SSSR count). The van der Waals surface area contributed by atoms with Crippen molar-refractivity contribution in [1.29, 1.82) is 0 Å². The van der Waals surface area contributed by atoms with Crippen molar-refractivity contribution >= 4 is 36.4 Å². The molecule has 0 unspecified atom stereocenters. The summed E-state index contributed by atoms with van der Waals surface area (Å²) >= 11 is 0. The molecule has 2 aliphatic heterocycles. The summed E-state index contributed by atoms with van der Waals surface area (Å²) in [5, 5.41) is 6.39. The van der Waals surface area contributed by atoms with Crippen LogP contribution >= 0.6 is 24.8 Å². The Balaban J connectivity index is 0.00000169. The Morgan fingerprint density at radius 2 is 1.77 bits per heavy atom. The maximum atomic E-state index is 12.1. The van der Waals surface area contributed by atoms with Gasteiger partial charge in [-0.25, -0.2) is 0 Å². The average molecular weight is 404 g/mol. The summed E-state index contributed by atoms with van der Waals surface area (Å²) in [6.07, 6.45) is 4.02. The zero-order chi connectivity index (χ0) is 16.6. The van der Waals surface area contributed by atoms with E-state index >= 15 is 0 Å². The van der Waals surface area contributed by atoms with E-state index in [1.165, 1.54) is 18.4 Å². The van der Waals surface area contributed by atoms with Crippen molar-refractivity contribution in [3.63, 3.8) is 0 Å². The maximum absolute atomic E-state index is 12.1. The monoisotopic (exact) mass is 403 g/mol. The van der Waals surface area contributed by atoms with Crippen molar-refractivity contribution in [2.24, 2.45) is 5.92 Å². The van der Waals surface area contributed by atoms with Gasteiger partial charge in [0.25, 0.3) is 0 Å². The van der Waals surface area contributed by atoms with Crippen LogP contribution in [0, 0.1) is 5.92 Å². The Morgan fingerprint density at radius 3 is 2.42 bits per heavy atom.